The highest BCUT2D eigenvalue weighted by atomic mass is 16.6. The lowest BCUT2D eigenvalue weighted by atomic mass is 9.65. The van der Waals surface area contributed by atoms with Crippen molar-refractivity contribution >= 4 is 11.7 Å². The van der Waals surface area contributed by atoms with E-state index in [1.54, 1.807) is 0 Å². The first-order valence-electron chi connectivity index (χ1n) is 10.1. The molecule has 0 bridgehead atoms. The highest BCUT2D eigenvalue weighted by molar-refractivity contribution is 5.92. The Hall–Kier alpha value is -1.89. The third-order valence-corrected chi connectivity index (χ3v) is 6.26. The Labute approximate surface area is 167 Å². The maximum atomic E-state index is 13.1. The van der Waals surface area contributed by atoms with Crippen LogP contribution in [-0.2, 0) is 9.47 Å². The van der Waals surface area contributed by atoms with Crippen LogP contribution in [0.2, 0.25) is 0 Å². The summed E-state index contributed by atoms with van der Waals surface area (Å²) < 4.78 is 10.8. The second-order valence-corrected chi connectivity index (χ2v) is 7.96. The summed E-state index contributed by atoms with van der Waals surface area (Å²) in [6.07, 6.45) is 6.09. The third-order valence-electron chi connectivity index (χ3n) is 6.26. The maximum absolute atomic E-state index is 13.1. The van der Waals surface area contributed by atoms with Gasteiger partial charge in [0.25, 0.3) is 0 Å². The van der Waals surface area contributed by atoms with Crippen LogP contribution in [0, 0.1) is 17.3 Å². The van der Waals surface area contributed by atoms with Crippen LogP contribution in [0.5, 0.6) is 0 Å². The Kier molecular flexibility index (Phi) is 7.10. The fraction of sp³-hybridized carbons (Fsp3) is 0.591. The molecule has 1 fully saturated rings. The Bertz CT molecular complexity index is 660. The number of rotatable bonds is 8. The standard InChI is InChI=1S/C22H32N2O4/c1-17(28-16-25)22(2)11-8-19(22)15-24(20-6-4-3-5-7-20)21(26)23-14-18-9-12-27-13-10-18/h3-8,11,17-19,25H,9-10,12-16H2,1-2H3,(H,23,26)/t17?,19-,22+/m0/s1. The second-order valence-electron chi connectivity index (χ2n) is 7.96. The van der Waals surface area contributed by atoms with Crippen molar-refractivity contribution in [3.8, 4) is 0 Å². The Balaban J connectivity index is 1.67. The average molecular weight is 389 g/mol. The zero-order valence-electron chi connectivity index (χ0n) is 16.8. The number of anilines is 1. The minimum Gasteiger partial charge on any atom is -0.381 e. The minimum atomic E-state index is -0.300. The molecule has 6 nitrogen and oxygen atoms in total. The Morgan fingerprint density at radius 1 is 1.36 bits per heavy atom. The molecule has 1 aromatic rings. The number of urea groups is 1. The number of carbonyl (C=O) groups excluding carboxylic acids is 1. The van der Waals surface area contributed by atoms with Gasteiger partial charge in [-0.2, -0.15) is 0 Å². The lowest BCUT2D eigenvalue weighted by Crippen LogP contribution is -2.51. The Morgan fingerprint density at radius 3 is 2.68 bits per heavy atom. The van der Waals surface area contributed by atoms with Gasteiger partial charge in [0.05, 0.1) is 6.10 Å². The number of nitrogens with one attached hydrogen (secondary N) is 1. The van der Waals surface area contributed by atoms with E-state index in [0.29, 0.717) is 19.0 Å². The van der Waals surface area contributed by atoms with Crippen LogP contribution in [0.15, 0.2) is 42.5 Å². The third kappa shape index (κ3) is 4.74. The molecule has 0 aromatic heterocycles. The first-order valence-corrected chi connectivity index (χ1v) is 10.1. The normalized spacial score (nSPS) is 25.8. The monoisotopic (exact) mass is 388 g/mol. The summed E-state index contributed by atoms with van der Waals surface area (Å²) >= 11 is 0. The molecule has 3 atom stereocenters. The fourth-order valence-electron chi connectivity index (χ4n) is 3.91. The molecule has 0 spiro atoms. The van der Waals surface area contributed by atoms with Crippen molar-refractivity contribution in [3.63, 3.8) is 0 Å². The van der Waals surface area contributed by atoms with Crippen molar-refractivity contribution in [1.29, 1.82) is 0 Å². The molecular formula is C22H32N2O4. The lowest BCUT2D eigenvalue weighted by molar-refractivity contribution is -0.0936. The van der Waals surface area contributed by atoms with Crippen molar-refractivity contribution < 1.29 is 19.4 Å². The zero-order chi connectivity index (χ0) is 20.0. The quantitative estimate of drug-likeness (QED) is 0.530. The van der Waals surface area contributed by atoms with Gasteiger partial charge < -0.3 is 19.9 Å². The molecule has 28 heavy (non-hydrogen) atoms. The highest BCUT2D eigenvalue weighted by Crippen LogP contribution is 2.44. The number of benzene rings is 1. The van der Waals surface area contributed by atoms with E-state index in [-0.39, 0.29) is 30.3 Å². The van der Waals surface area contributed by atoms with Gasteiger partial charge in [0.1, 0.15) is 6.79 Å². The molecule has 0 saturated carbocycles. The SMILES string of the molecule is CC(OCO)[C@@]1(C)C=C[C@H]1CN(C(=O)NCC1CCOCC1)c1ccccc1. The van der Waals surface area contributed by atoms with Gasteiger partial charge in [-0.3, -0.25) is 4.90 Å². The van der Waals surface area contributed by atoms with Gasteiger partial charge in [0, 0.05) is 43.3 Å². The predicted molar refractivity (Wildman–Crippen MR) is 109 cm³/mol. The number of aliphatic hydroxyl groups is 1. The van der Waals surface area contributed by atoms with Gasteiger partial charge in [-0.15, -0.1) is 0 Å². The van der Waals surface area contributed by atoms with E-state index in [1.807, 2.05) is 42.2 Å². The molecule has 3 rings (SSSR count). The summed E-state index contributed by atoms with van der Waals surface area (Å²) in [5, 5.41) is 12.2. The van der Waals surface area contributed by atoms with Gasteiger partial charge in [-0.05, 0) is 37.8 Å². The van der Waals surface area contributed by atoms with Crippen molar-refractivity contribution in [3.05, 3.63) is 42.5 Å². The molecule has 2 amide bonds. The molecule has 2 N–H and O–H groups in total. The summed E-state index contributed by atoms with van der Waals surface area (Å²) in [7, 11) is 0. The maximum Gasteiger partial charge on any atom is 0.321 e. The number of nitrogens with zero attached hydrogens (tertiary/aromatic N) is 1. The van der Waals surface area contributed by atoms with E-state index in [9.17, 15) is 4.79 Å². The van der Waals surface area contributed by atoms with E-state index in [1.165, 1.54) is 0 Å². The van der Waals surface area contributed by atoms with Crippen molar-refractivity contribution in [2.75, 3.05) is 38.0 Å². The lowest BCUT2D eigenvalue weighted by Gasteiger charge is -2.46. The summed E-state index contributed by atoms with van der Waals surface area (Å²) in [6, 6.07) is 9.69. The van der Waals surface area contributed by atoms with Crippen LogP contribution in [0.3, 0.4) is 0 Å². The molecule has 2 aliphatic rings. The van der Waals surface area contributed by atoms with E-state index in [0.717, 1.165) is 31.7 Å². The molecule has 1 aliphatic carbocycles. The van der Waals surface area contributed by atoms with Gasteiger partial charge in [0.2, 0.25) is 0 Å². The largest absolute Gasteiger partial charge is 0.381 e. The smallest absolute Gasteiger partial charge is 0.321 e. The summed E-state index contributed by atoms with van der Waals surface area (Å²) in [5.41, 5.74) is 0.668. The predicted octanol–water partition coefficient (Wildman–Crippen LogP) is 3.18. The summed E-state index contributed by atoms with van der Waals surface area (Å²) in [6.45, 7) is 6.56. The van der Waals surface area contributed by atoms with Crippen LogP contribution >= 0.6 is 0 Å². The van der Waals surface area contributed by atoms with Crippen LogP contribution in [-0.4, -0.2) is 50.3 Å². The number of carbonyl (C=O) groups is 1. The molecule has 1 unspecified atom stereocenters. The van der Waals surface area contributed by atoms with Crippen molar-refractivity contribution in [2.24, 2.45) is 17.3 Å². The molecule has 1 saturated heterocycles. The van der Waals surface area contributed by atoms with Crippen LogP contribution in [0.4, 0.5) is 10.5 Å². The molecule has 6 heteroatoms. The van der Waals surface area contributed by atoms with Gasteiger partial charge in [0.15, 0.2) is 0 Å². The zero-order valence-corrected chi connectivity index (χ0v) is 16.8. The van der Waals surface area contributed by atoms with Crippen LogP contribution < -0.4 is 10.2 Å². The number of hydrogen-bond acceptors (Lipinski definition) is 4. The van der Waals surface area contributed by atoms with Gasteiger partial charge >= 0.3 is 6.03 Å². The second kappa shape index (κ2) is 9.54. The fourth-order valence-corrected chi connectivity index (χ4v) is 3.91. The number of para-hydroxylation sites is 1. The molecule has 1 aromatic carbocycles. The first kappa shape index (κ1) is 20.8. The van der Waals surface area contributed by atoms with E-state index in [4.69, 9.17) is 14.6 Å². The number of hydrogen-bond donors (Lipinski definition) is 2. The minimum absolute atomic E-state index is 0.0731. The van der Waals surface area contributed by atoms with Crippen LogP contribution in [0.1, 0.15) is 26.7 Å². The van der Waals surface area contributed by atoms with Gasteiger partial charge in [-0.1, -0.05) is 37.3 Å². The van der Waals surface area contributed by atoms with E-state index >= 15 is 0 Å². The van der Waals surface area contributed by atoms with E-state index in [2.05, 4.69) is 24.4 Å². The Morgan fingerprint density at radius 2 is 2.07 bits per heavy atom. The molecule has 0 radical (unpaired) electrons. The molecule has 1 heterocycles. The topological polar surface area (TPSA) is 71.0 Å². The number of amides is 2. The average Bonchev–Trinajstić information content (AvgIpc) is 2.72. The van der Waals surface area contributed by atoms with Gasteiger partial charge in [-0.25, -0.2) is 4.79 Å². The first-order chi connectivity index (χ1) is 13.5. The van der Waals surface area contributed by atoms with Crippen LogP contribution in [0.25, 0.3) is 0 Å². The summed E-state index contributed by atoms with van der Waals surface area (Å²) in [4.78, 5) is 14.9. The van der Waals surface area contributed by atoms with Crippen molar-refractivity contribution in [2.45, 2.75) is 32.8 Å². The molecule has 154 valence electrons. The van der Waals surface area contributed by atoms with E-state index < -0.39 is 0 Å². The number of ether oxygens (including phenoxy) is 2. The number of aliphatic hydroxyl groups excluding tert-OH is 1. The molecular weight excluding hydrogens is 356 g/mol. The summed E-state index contributed by atoms with van der Waals surface area (Å²) in [5.74, 6) is 0.630. The van der Waals surface area contributed by atoms with Crippen molar-refractivity contribution in [1.82, 2.24) is 5.32 Å². The molecule has 1 aliphatic heterocycles. The highest BCUT2D eigenvalue weighted by Gasteiger charge is 2.43.